The molecule has 2 saturated heterocycles. The molecular formula is C22H23F6N3O6S. The van der Waals surface area contributed by atoms with Crippen molar-refractivity contribution < 1.29 is 55.7 Å². The number of aliphatic carboxylic acids is 2. The van der Waals surface area contributed by atoms with Crippen LogP contribution in [0, 0.1) is 0 Å². The Morgan fingerprint density at radius 3 is 2.21 bits per heavy atom. The lowest BCUT2D eigenvalue weighted by molar-refractivity contribution is -0.193. The molecule has 2 aliphatic rings. The Bertz CT molecular complexity index is 1030. The summed E-state index contributed by atoms with van der Waals surface area (Å²) in [4.78, 5) is 38.1. The minimum Gasteiger partial charge on any atom is -0.475 e. The number of fused-ring (bicyclic) bond motifs is 1. The van der Waals surface area contributed by atoms with E-state index in [-0.39, 0.29) is 18.1 Å². The number of hydrogen-bond acceptors (Lipinski definition) is 7. The fraction of sp³-hybridized carbons (Fsp3) is 0.455. The van der Waals surface area contributed by atoms with Crippen molar-refractivity contribution in [3.8, 4) is 0 Å². The first-order chi connectivity index (χ1) is 17.7. The Balaban J connectivity index is 0.000000301. The summed E-state index contributed by atoms with van der Waals surface area (Å²) in [6.45, 7) is 2.55. The number of amides is 1. The smallest absolute Gasteiger partial charge is 0.475 e. The van der Waals surface area contributed by atoms with Crippen LogP contribution in [-0.2, 0) is 20.9 Å². The molecule has 38 heavy (non-hydrogen) atoms. The van der Waals surface area contributed by atoms with Gasteiger partial charge in [-0.1, -0.05) is 6.07 Å². The molecule has 210 valence electrons. The zero-order valence-electron chi connectivity index (χ0n) is 19.4. The van der Waals surface area contributed by atoms with Crippen molar-refractivity contribution in [3.05, 3.63) is 52.5 Å². The van der Waals surface area contributed by atoms with Crippen molar-refractivity contribution in [2.75, 3.05) is 13.2 Å². The number of halogens is 6. The average Bonchev–Trinajstić information content (AvgIpc) is 3.48. The minimum atomic E-state index is -5.08. The monoisotopic (exact) mass is 571 g/mol. The Hall–Kier alpha value is -3.24. The number of carbonyl (C=O) groups is 3. The number of carboxylic acids is 2. The third-order valence-electron chi connectivity index (χ3n) is 5.29. The number of rotatable bonds is 4. The van der Waals surface area contributed by atoms with Gasteiger partial charge in [-0.25, -0.2) is 9.59 Å². The van der Waals surface area contributed by atoms with Crippen LogP contribution in [0.15, 0.2) is 42.0 Å². The van der Waals surface area contributed by atoms with Gasteiger partial charge in [0.2, 0.25) is 0 Å². The number of thiophene rings is 1. The molecule has 0 spiro atoms. The summed E-state index contributed by atoms with van der Waals surface area (Å²) in [5.41, 5.74) is 0.599. The van der Waals surface area contributed by atoms with Gasteiger partial charge in [-0.15, -0.1) is 11.3 Å². The van der Waals surface area contributed by atoms with Gasteiger partial charge in [-0.3, -0.25) is 14.7 Å². The van der Waals surface area contributed by atoms with Crippen molar-refractivity contribution in [1.82, 2.24) is 15.2 Å². The first-order valence-electron chi connectivity index (χ1n) is 10.9. The molecule has 4 heterocycles. The molecule has 3 atom stereocenters. The van der Waals surface area contributed by atoms with Crippen LogP contribution in [0.2, 0.25) is 0 Å². The molecule has 2 aromatic rings. The number of pyridine rings is 1. The second-order valence-corrected chi connectivity index (χ2v) is 9.01. The molecule has 0 aromatic carbocycles. The van der Waals surface area contributed by atoms with Crippen LogP contribution < -0.4 is 5.32 Å². The van der Waals surface area contributed by atoms with Gasteiger partial charge in [0, 0.05) is 43.0 Å². The maximum absolute atomic E-state index is 12.5. The van der Waals surface area contributed by atoms with E-state index in [4.69, 9.17) is 24.5 Å². The van der Waals surface area contributed by atoms with Crippen molar-refractivity contribution in [3.63, 3.8) is 0 Å². The van der Waals surface area contributed by atoms with Crippen molar-refractivity contribution in [2.45, 2.75) is 49.9 Å². The lowest BCUT2D eigenvalue weighted by Crippen LogP contribution is -2.47. The molecule has 0 radical (unpaired) electrons. The van der Waals surface area contributed by atoms with Crippen LogP contribution >= 0.6 is 11.3 Å². The third kappa shape index (κ3) is 9.57. The molecule has 0 aliphatic carbocycles. The summed E-state index contributed by atoms with van der Waals surface area (Å²) in [5.74, 6) is -5.58. The number of carboxylic acid groups (broad SMARTS) is 2. The van der Waals surface area contributed by atoms with E-state index < -0.39 is 24.3 Å². The highest BCUT2D eigenvalue weighted by atomic mass is 32.1. The topological polar surface area (TPSA) is 129 Å². The number of nitrogens with zero attached hydrogens (tertiary/aromatic N) is 2. The fourth-order valence-electron chi connectivity index (χ4n) is 3.71. The molecule has 1 amide bonds. The fourth-order valence-corrected chi connectivity index (χ4v) is 4.44. The predicted molar refractivity (Wildman–Crippen MR) is 120 cm³/mol. The third-order valence-corrected chi connectivity index (χ3v) is 6.16. The van der Waals surface area contributed by atoms with Crippen molar-refractivity contribution >= 4 is 29.2 Å². The molecular weight excluding hydrogens is 548 g/mol. The first-order valence-corrected chi connectivity index (χ1v) is 11.8. The Kier molecular flexibility index (Phi) is 11.0. The van der Waals surface area contributed by atoms with E-state index in [2.05, 4.69) is 32.7 Å². The normalized spacial score (nSPS) is 21.2. The van der Waals surface area contributed by atoms with Gasteiger partial charge in [-0.2, -0.15) is 26.3 Å². The van der Waals surface area contributed by atoms with Crippen LogP contribution in [0.3, 0.4) is 0 Å². The Labute approximate surface area is 216 Å². The molecule has 4 rings (SSSR count). The summed E-state index contributed by atoms with van der Waals surface area (Å²) in [7, 11) is 0. The quantitative estimate of drug-likeness (QED) is 0.476. The summed E-state index contributed by atoms with van der Waals surface area (Å²) in [5, 5.41) is 19.5. The van der Waals surface area contributed by atoms with Crippen LogP contribution in [0.1, 0.15) is 28.1 Å². The molecule has 0 bridgehead atoms. The first kappa shape index (κ1) is 31.0. The highest BCUT2D eigenvalue weighted by Gasteiger charge is 2.44. The van der Waals surface area contributed by atoms with Crippen molar-refractivity contribution in [1.29, 1.82) is 0 Å². The molecule has 0 saturated carbocycles. The summed E-state index contributed by atoms with van der Waals surface area (Å²) in [6, 6.07) is 8.26. The van der Waals surface area contributed by atoms with Crippen LogP contribution in [-0.4, -0.2) is 81.6 Å². The Morgan fingerprint density at radius 2 is 1.71 bits per heavy atom. The minimum absolute atomic E-state index is 0.0305. The van der Waals surface area contributed by atoms with Gasteiger partial charge in [0.15, 0.2) is 0 Å². The number of hydrogen-bond donors (Lipinski definition) is 3. The van der Waals surface area contributed by atoms with E-state index in [1.807, 2.05) is 0 Å². The summed E-state index contributed by atoms with van der Waals surface area (Å²) >= 11 is 1.78. The van der Waals surface area contributed by atoms with Gasteiger partial charge in [-0.05, 0) is 36.4 Å². The number of likely N-dealkylation sites (tertiary alicyclic amines) is 1. The molecule has 16 heteroatoms. The van der Waals surface area contributed by atoms with Crippen LogP contribution in [0.25, 0.3) is 0 Å². The SMILES string of the molecule is O=C(N[C@@H]1CN(Cc2cccs2)[C@@H]2CCCO[C@@H]21)c1cccnc1.O=C(O)C(F)(F)F.O=C(O)C(F)(F)F. The zero-order valence-corrected chi connectivity index (χ0v) is 20.2. The molecule has 3 N–H and O–H groups in total. The second kappa shape index (κ2) is 13.5. The lowest BCUT2D eigenvalue weighted by atomic mass is 10.0. The van der Waals surface area contributed by atoms with Gasteiger partial charge in [0.1, 0.15) is 0 Å². The molecule has 2 aromatic heterocycles. The van der Waals surface area contributed by atoms with Crippen LogP contribution in [0.5, 0.6) is 0 Å². The number of carbonyl (C=O) groups excluding carboxylic acids is 1. The molecule has 2 fully saturated rings. The zero-order chi connectivity index (χ0) is 28.5. The second-order valence-electron chi connectivity index (χ2n) is 7.98. The summed E-state index contributed by atoms with van der Waals surface area (Å²) in [6.07, 6.45) is -4.58. The van der Waals surface area contributed by atoms with E-state index in [9.17, 15) is 31.1 Å². The maximum Gasteiger partial charge on any atom is 0.490 e. The van der Waals surface area contributed by atoms with Crippen molar-refractivity contribution in [2.24, 2.45) is 0 Å². The number of ether oxygens (including phenoxy) is 1. The lowest BCUT2D eigenvalue weighted by Gasteiger charge is -2.32. The van der Waals surface area contributed by atoms with Gasteiger partial charge in [0.25, 0.3) is 5.91 Å². The van der Waals surface area contributed by atoms with E-state index in [1.54, 1.807) is 35.9 Å². The standard InChI is InChI=1S/C18H21N3O2S.2C2HF3O2/c22-18(13-4-1-7-19-10-13)20-15-12-21(11-14-5-3-9-24-14)16-6-2-8-23-17(15)16;2*3-2(4,5)1(6)7/h1,3-5,7,9-10,15-17H,2,6,8,11-12H2,(H,20,22);2*(H,6,7)/t15-,16-,17-;;/m1../s1. The van der Waals surface area contributed by atoms with E-state index in [0.717, 1.165) is 32.5 Å². The summed E-state index contributed by atoms with van der Waals surface area (Å²) < 4.78 is 69.5. The van der Waals surface area contributed by atoms with Gasteiger partial charge < -0.3 is 20.3 Å². The largest absolute Gasteiger partial charge is 0.490 e. The highest BCUT2D eigenvalue weighted by Crippen LogP contribution is 2.31. The maximum atomic E-state index is 12.5. The van der Waals surface area contributed by atoms with Gasteiger partial charge in [0.05, 0.1) is 17.7 Å². The highest BCUT2D eigenvalue weighted by molar-refractivity contribution is 7.09. The molecule has 2 aliphatic heterocycles. The van der Waals surface area contributed by atoms with Gasteiger partial charge >= 0.3 is 24.3 Å². The van der Waals surface area contributed by atoms with Crippen LogP contribution in [0.4, 0.5) is 26.3 Å². The van der Waals surface area contributed by atoms with E-state index >= 15 is 0 Å². The Morgan fingerprint density at radius 1 is 1.08 bits per heavy atom. The average molecular weight is 571 g/mol. The van der Waals surface area contributed by atoms with E-state index in [1.165, 1.54) is 4.88 Å². The predicted octanol–water partition coefficient (Wildman–Crippen LogP) is 3.57. The molecule has 9 nitrogen and oxygen atoms in total. The number of aromatic nitrogens is 1. The number of nitrogens with one attached hydrogen (secondary N) is 1. The van der Waals surface area contributed by atoms with E-state index in [0.29, 0.717) is 11.6 Å². The molecule has 0 unspecified atom stereocenters. The number of alkyl halides is 6.